The third-order valence-corrected chi connectivity index (χ3v) is 3.87. The van der Waals surface area contributed by atoms with Crippen LogP contribution in [0.5, 0.6) is 5.75 Å². The summed E-state index contributed by atoms with van der Waals surface area (Å²) in [6.07, 6.45) is 4.13. The molecule has 0 aliphatic carbocycles. The molecule has 4 nitrogen and oxygen atoms in total. The largest absolute Gasteiger partial charge is 0.493 e. The predicted octanol–water partition coefficient (Wildman–Crippen LogP) is 1.81. The molecular formula is C15H24N2O2. The maximum absolute atomic E-state index is 5.63. The standard InChI is InChI=1S/C15H24N2O2/c1-3-14(18-2)13(17-16)6-4-11-5-7-15-12(10-11)8-9-19-15/h5,7,10,13-14,17H,3-4,6,8-9,16H2,1-2H3. The molecule has 4 heteroatoms. The number of hydrogen-bond donors (Lipinski definition) is 2. The molecule has 1 heterocycles. The Morgan fingerprint density at radius 3 is 3.00 bits per heavy atom. The van der Waals surface area contributed by atoms with Crippen LogP contribution in [0.15, 0.2) is 18.2 Å². The second-order valence-corrected chi connectivity index (χ2v) is 5.03. The Hall–Kier alpha value is -1.10. The van der Waals surface area contributed by atoms with E-state index in [1.807, 2.05) is 0 Å². The lowest BCUT2D eigenvalue weighted by molar-refractivity contribution is 0.0626. The lowest BCUT2D eigenvalue weighted by atomic mass is 9.98. The number of nitrogens with one attached hydrogen (secondary N) is 1. The smallest absolute Gasteiger partial charge is 0.122 e. The van der Waals surface area contributed by atoms with Crippen molar-refractivity contribution in [1.29, 1.82) is 0 Å². The zero-order valence-electron chi connectivity index (χ0n) is 11.8. The third-order valence-electron chi connectivity index (χ3n) is 3.87. The van der Waals surface area contributed by atoms with Crippen LogP contribution in [0.1, 0.15) is 30.9 Å². The van der Waals surface area contributed by atoms with E-state index in [2.05, 4.69) is 30.5 Å². The Bertz CT molecular complexity index is 405. The summed E-state index contributed by atoms with van der Waals surface area (Å²) in [5.41, 5.74) is 5.55. The SMILES string of the molecule is CCC(OC)C(CCc1ccc2c(c1)CCO2)NN. The molecule has 2 unspecified atom stereocenters. The van der Waals surface area contributed by atoms with Crippen LogP contribution in [0, 0.1) is 0 Å². The number of benzene rings is 1. The molecule has 106 valence electrons. The van der Waals surface area contributed by atoms with Gasteiger partial charge in [0.25, 0.3) is 0 Å². The zero-order valence-corrected chi connectivity index (χ0v) is 11.8. The number of aryl methyl sites for hydroxylation is 1. The molecule has 0 spiro atoms. The van der Waals surface area contributed by atoms with E-state index in [1.165, 1.54) is 11.1 Å². The van der Waals surface area contributed by atoms with Crippen LogP contribution in [0.25, 0.3) is 0 Å². The Balaban J connectivity index is 1.93. The number of nitrogens with two attached hydrogens (primary N) is 1. The van der Waals surface area contributed by atoms with Crippen LogP contribution in [-0.2, 0) is 17.6 Å². The van der Waals surface area contributed by atoms with Gasteiger partial charge in [0, 0.05) is 19.6 Å². The van der Waals surface area contributed by atoms with Crippen LogP contribution in [0.2, 0.25) is 0 Å². The normalized spacial score (nSPS) is 16.8. The quantitative estimate of drug-likeness (QED) is 0.582. The van der Waals surface area contributed by atoms with Crippen molar-refractivity contribution >= 4 is 0 Å². The first-order valence-electron chi connectivity index (χ1n) is 7.02. The molecule has 19 heavy (non-hydrogen) atoms. The molecule has 1 aliphatic rings. The fraction of sp³-hybridized carbons (Fsp3) is 0.600. The number of hydrazine groups is 1. The van der Waals surface area contributed by atoms with Gasteiger partial charge in [-0.15, -0.1) is 0 Å². The molecule has 0 saturated carbocycles. The predicted molar refractivity (Wildman–Crippen MR) is 76.2 cm³/mol. The van der Waals surface area contributed by atoms with Crippen molar-refractivity contribution in [2.45, 2.75) is 44.8 Å². The van der Waals surface area contributed by atoms with E-state index in [4.69, 9.17) is 15.3 Å². The average Bonchev–Trinajstić information content (AvgIpc) is 2.90. The molecule has 1 aromatic rings. The molecule has 2 atom stereocenters. The van der Waals surface area contributed by atoms with E-state index in [1.54, 1.807) is 7.11 Å². The molecule has 1 aromatic carbocycles. The summed E-state index contributed by atoms with van der Waals surface area (Å²) in [5.74, 6) is 6.67. The molecule has 0 bridgehead atoms. The molecule has 0 radical (unpaired) electrons. The summed E-state index contributed by atoms with van der Waals surface area (Å²) >= 11 is 0. The van der Waals surface area contributed by atoms with Crippen molar-refractivity contribution in [3.05, 3.63) is 29.3 Å². The van der Waals surface area contributed by atoms with Gasteiger partial charge in [-0.05, 0) is 36.5 Å². The first-order chi connectivity index (χ1) is 9.28. The lowest BCUT2D eigenvalue weighted by Gasteiger charge is -2.24. The summed E-state index contributed by atoms with van der Waals surface area (Å²) in [4.78, 5) is 0. The van der Waals surface area contributed by atoms with Crippen LogP contribution in [0.3, 0.4) is 0 Å². The summed E-state index contributed by atoms with van der Waals surface area (Å²) in [6, 6.07) is 6.67. The minimum absolute atomic E-state index is 0.169. The number of hydrogen-bond acceptors (Lipinski definition) is 4. The minimum atomic E-state index is 0.169. The van der Waals surface area contributed by atoms with Gasteiger partial charge in [0.1, 0.15) is 5.75 Å². The van der Waals surface area contributed by atoms with E-state index >= 15 is 0 Å². The topological polar surface area (TPSA) is 56.5 Å². The average molecular weight is 264 g/mol. The van der Waals surface area contributed by atoms with Gasteiger partial charge in [-0.2, -0.15) is 0 Å². The van der Waals surface area contributed by atoms with Gasteiger partial charge in [-0.25, -0.2) is 0 Å². The molecule has 3 N–H and O–H groups in total. The second-order valence-electron chi connectivity index (χ2n) is 5.03. The summed E-state index contributed by atoms with van der Waals surface area (Å²) in [5, 5.41) is 0. The van der Waals surface area contributed by atoms with Gasteiger partial charge < -0.3 is 9.47 Å². The van der Waals surface area contributed by atoms with Crippen molar-refractivity contribution < 1.29 is 9.47 Å². The Morgan fingerprint density at radius 1 is 1.47 bits per heavy atom. The Kier molecular flexibility index (Phi) is 5.19. The molecule has 0 saturated heterocycles. The van der Waals surface area contributed by atoms with Gasteiger partial charge in [0.15, 0.2) is 0 Å². The van der Waals surface area contributed by atoms with Crippen molar-refractivity contribution in [2.24, 2.45) is 5.84 Å². The summed E-state index contributed by atoms with van der Waals surface area (Å²) in [7, 11) is 1.74. The maximum Gasteiger partial charge on any atom is 0.122 e. The number of methoxy groups -OCH3 is 1. The fourth-order valence-electron chi connectivity index (χ4n) is 2.71. The third kappa shape index (κ3) is 3.47. The number of ether oxygens (including phenoxy) is 2. The van der Waals surface area contributed by atoms with E-state index in [-0.39, 0.29) is 12.1 Å². The minimum Gasteiger partial charge on any atom is -0.493 e. The fourth-order valence-corrected chi connectivity index (χ4v) is 2.71. The highest BCUT2D eigenvalue weighted by atomic mass is 16.5. The molecular weight excluding hydrogens is 240 g/mol. The lowest BCUT2D eigenvalue weighted by Crippen LogP contribution is -2.44. The zero-order chi connectivity index (χ0) is 13.7. The number of rotatable bonds is 7. The Labute approximate surface area is 115 Å². The molecule has 0 fully saturated rings. The molecule has 0 amide bonds. The van der Waals surface area contributed by atoms with Gasteiger partial charge in [-0.1, -0.05) is 19.1 Å². The van der Waals surface area contributed by atoms with Gasteiger partial charge in [-0.3, -0.25) is 11.3 Å². The van der Waals surface area contributed by atoms with Crippen LogP contribution >= 0.6 is 0 Å². The molecule has 1 aliphatic heterocycles. The molecule has 0 aromatic heterocycles. The van der Waals surface area contributed by atoms with Crippen molar-refractivity contribution in [3.63, 3.8) is 0 Å². The van der Waals surface area contributed by atoms with E-state index < -0.39 is 0 Å². The summed E-state index contributed by atoms with van der Waals surface area (Å²) < 4.78 is 11.0. The second kappa shape index (κ2) is 6.89. The van der Waals surface area contributed by atoms with E-state index in [9.17, 15) is 0 Å². The van der Waals surface area contributed by atoms with E-state index in [0.717, 1.165) is 38.0 Å². The maximum atomic E-state index is 5.63. The van der Waals surface area contributed by atoms with Crippen LogP contribution < -0.4 is 16.0 Å². The van der Waals surface area contributed by atoms with Crippen LogP contribution in [-0.4, -0.2) is 25.9 Å². The summed E-state index contributed by atoms with van der Waals surface area (Å²) in [6.45, 7) is 2.93. The highest BCUT2D eigenvalue weighted by Crippen LogP contribution is 2.26. The number of fused-ring (bicyclic) bond motifs is 1. The van der Waals surface area contributed by atoms with E-state index in [0.29, 0.717) is 0 Å². The van der Waals surface area contributed by atoms with Gasteiger partial charge in [0.05, 0.1) is 12.7 Å². The van der Waals surface area contributed by atoms with Gasteiger partial charge in [0.2, 0.25) is 0 Å². The van der Waals surface area contributed by atoms with Gasteiger partial charge >= 0.3 is 0 Å². The Morgan fingerprint density at radius 2 is 2.32 bits per heavy atom. The highest BCUT2D eigenvalue weighted by molar-refractivity contribution is 5.39. The van der Waals surface area contributed by atoms with Crippen LogP contribution in [0.4, 0.5) is 0 Å². The van der Waals surface area contributed by atoms with Crippen molar-refractivity contribution in [1.82, 2.24) is 5.43 Å². The molecule has 2 rings (SSSR count). The van der Waals surface area contributed by atoms with Crippen molar-refractivity contribution in [2.75, 3.05) is 13.7 Å². The van der Waals surface area contributed by atoms with Crippen molar-refractivity contribution in [3.8, 4) is 5.75 Å². The monoisotopic (exact) mass is 264 g/mol. The first kappa shape index (κ1) is 14.3. The highest BCUT2D eigenvalue weighted by Gasteiger charge is 2.18. The first-order valence-corrected chi connectivity index (χ1v) is 7.02.